The number of carbonyl (C=O) groups excluding carboxylic acids is 3. The molecule has 1 N–H and O–H groups in total. The maximum absolute atomic E-state index is 12.6. The normalized spacial score (nSPS) is 34.7. The van der Waals surface area contributed by atoms with Gasteiger partial charge < -0.3 is 24.1 Å². The average Bonchev–Trinajstić information content (AvgIpc) is 2.77. The molecular formula is C26H32O8. The summed E-state index contributed by atoms with van der Waals surface area (Å²) in [6, 6.07) is 0. The Balaban J connectivity index is 1.46. The summed E-state index contributed by atoms with van der Waals surface area (Å²) in [6.07, 6.45) is 12.3. The molecule has 0 radical (unpaired) electrons. The molecule has 3 atom stereocenters. The number of aliphatic hydroxyl groups excluding tert-OH is 1. The number of allylic oxidation sites excluding steroid dienone is 4. The number of hydrogen-bond acceptors (Lipinski definition) is 8. The lowest BCUT2D eigenvalue weighted by Crippen LogP contribution is -2.52. The number of rotatable bonds is 3. The van der Waals surface area contributed by atoms with E-state index in [1.165, 1.54) is 18.2 Å². The Bertz CT molecular complexity index is 980. The van der Waals surface area contributed by atoms with Gasteiger partial charge in [-0.15, -0.1) is 0 Å². The summed E-state index contributed by atoms with van der Waals surface area (Å²) < 4.78 is 22.4. The fourth-order valence-electron chi connectivity index (χ4n) is 5.08. The molecule has 0 amide bonds. The smallest absolute Gasteiger partial charge is 0.348 e. The topological polar surface area (TPSA) is 108 Å². The molecule has 2 saturated carbocycles. The highest BCUT2D eigenvalue weighted by Crippen LogP contribution is 2.43. The van der Waals surface area contributed by atoms with E-state index in [2.05, 4.69) is 0 Å². The van der Waals surface area contributed by atoms with Crippen molar-refractivity contribution < 1.29 is 38.4 Å². The van der Waals surface area contributed by atoms with Gasteiger partial charge >= 0.3 is 17.9 Å². The molecule has 2 aliphatic heterocycles. The first-order valence-corrected chi connectivity index (χ1v) is 12.0. The van der Waals surface area contributed by atoms with Crippen LogP contribution in [0.4, 0.5) is 0 Å². The van der Waals surface area contributed by atoms with Crippen molar-refractivity contribution in [1.82, 2.24) is 0 Å². The number of aliphatic hydroxyl groups is 1. The monoisotopic (exact) mass is 472 g/mol. The van der Waals surface area contributed by atoms with Crippen LogP contribution in [0.2, 0.25) is 0 Å². The van der Waals surface area contributed by atoms with Crippen molar-refractivity contribution in [2.24, 2.45) is 11.8 Å². The van der Waals surface area contributed by atoms with Crippen LogP contribution in [0.15, 0.2) is 47.0 Å². The Hall–Kier alpha value is -3.03. The third-order valence-corrected chi connectivity index (χ3v) is 7.28. The quantitative estimate of drug-likeness (QED) is 0.273. The summed E-state index contributed by atoms with van der Waals surface area (Å²) in [7, 11) is 0. The second kappa shape index (κ2) is 9.31. The highest BCUT2D eigenvalue weighted by Gasteiger charge is 2.51. The largest absolute Gasteiger partial charge is 0.480 e. The Morgan fingerprint density at radius 1 is 0.853 bits per heavy atom. The molecule has 4 aliphatic rings. The first-order chi connectivity index (χ1) is 16.2. The zero-order valence-electron chi connectivity index (χ0n) is 19.9. The van der Waals surface area contributed by atoms with E-state index in [9.17, 15) is 19.5 Å². The molecule has 0 aromatic rings. The van der Waals surface area contributed by atoms with E-state index in [0.29, 0.717) is 18.4 Å². The molecule has 2 heterocycles. The van der Waals surface area contributed by atoms with Gasteiger partial charge in [-0.25, -0.2) is 14.4 Å². The number of ether oxygens (including phenoxy) is 4. The number of carbonyl (C=O) groups is 3. The first-order valence-electron chi connectivity index (χ1n) is 12.0. The fraction of sp³-hybridized carbons (Fsp3) is 0.577. The second-order valence-electron chi connectivity index (χ2n) is 9.73. The van der Waals surface area contributed by atoms with Gasteiger partial charge in [0.25, 0.3) is 17.5 Å². The minimum Gasteiger partial charge on any atom is -0.480 e. The van der Waals surface area contributed by atoms with Crippen molar-refractivity contribution in [3.8, 4) is 0 Å². The zero-order valence-corrected chi connectivity index (χ0v) is 19.9. The molecule has 4 rings (SSSR count). The lowest BCUT2D eigenvalue weighted by atomic mass is 9.84. The molecule has 0 bridgehead atoms. The predicted molar refractivity (Wildman–Crippen MR) is 121 cm³/mol. The average molecular weight is 473 g/mol. The minimum atomic E-state index is -1.16. The SMILES string of the molecule is CC(/C=C/C=C1C(=O)OC2(CCCCC2C)OC1=O)=C\C1=C(O)OC2(CCCCC2C)OC1=O. The van der Waals surface area contributed by atoms with Gasteiger partial charge in [-0.3, -0.25) is 0 Å². The Morgan fingerprint density at radius 2 is 1.38 bits per heavy atom. The van der Waals surface area contributed by atoms with Crippen LogP contribution in [0.25, 0.3) is 0 Å². The van der Waals surface area contributed by atoms with Crippen LogP contribution in [-0.2, 0) is 33.3 Å². The molecule has 2 spiro atoms. The molecule has 34 heavy (non-hydrogen) atoms. The molecule has 8 nitrogen and oxygen atoms in total. The van der Waals surface area contributed by atoms with E-state index in [-0.39, 0.29) is 23.0 Å². The summed E-state index contributed by atoms with van der Waals surface area (Å²) in [4.78, 5) is 37.7. The summed E-state index contributed by atoms with van der Waals surface area (Å²) in [5.74, 6) is -4.85. The zero-order chi connectivity index (χ0) is 24.5. The van der Waals surface area contributed by atoms with E-state index in [0.717, 1.165) is 38.5 Å². The van der Waals surface area contributed by atoms with Crippen LogP contribution in [0.3, 0.4) is 0 Å². The maximum Gasteiger partial charge on any atom is 0.348 e. The van der Waals surface area contributed by atoms with E-state index in [4.69, 9.17) is 18.9 Å². The van der Waals surface area contributed by atoms with Gasteiger partial charge in [-0.2, -0.15) is 0 Å². The summed E-state index contributed by atoms with van der Waals surface area (Å²) in [6.45, 7) is 5.57. The van der Waals surface area contributed by atoms with Crippen molar-refractivity contribution in [2.45, 2.75) is 83.7 Å². The van der Waals surface area contributed by atoms with Crippen LogP contribution in [0.5, 0.6) is 0 Å². The van der Waals surface area contributed by atoms with E-state index in [1.807, 2.05) is 13.8 Å². The second-order valence-corrected chi connectivity index (χ2v) is 9.73. The molecule has 0 aromatic heterocycles. The van der Waals surface area contributed by atoms with E-state index < -0.39 is 35.4 Å². The third-order valence-electron chi connectivity index (χ3n) is 7.28. The van der Waals surface area contributed by atoms with Crippen molar-refractivity contribution in [2.75, 3.05) is 0 Å². The van der Waals surface area contributed by atoms with Crippen LogP contribution in [-0.4, -0.2) is 34.6 Å². The molecule has 0 aromatic carbocycles. The maximum atomic E-state index is 12.6. The summed E-state index contributed by atoms with van der Waals surface area (Å²) >= 11 is 0. The lowest BCUT2D eigenvalue weighted by molar-refractivity contribution is -0.269. The van der Waals surface area contributed by atoms with E-state index in [1.54, 1.807) is 13.0 Å². The predicted octanol–water partition coefficient (Wildman–Crippen LogP) is 4.67. The van der Waals surface area contributed by atoms with Crippen molar-refractivity contribution in [3.63, 3.8) is 0 Å². The number of hydrogen-bond donors (Lipinski definition) is 1. The summed E-state index contributed by atoms with van der Waals surface area (Å²) in [5, 5.41) is 10.4. The van der Waals surface area contributed by atoms with Crippen molar-refractivity contribution >= 4 is 17.9 Å². The van der Waals surface area contributed by atoms with Gasteiger partial charge in [0.1, 0.15) is 11.1 Å². The van der Waals surface area contributed by atoms with Gasteiger partial charge in [0.2, 0.25) is 0 Å². The highest BCUT2D eigenvalue weighted by molar-refractivity contribution is 6.15. The number of esters is 3. The van der Waals surface area contributed by atoms with Crippen LogP contribution >= 0.6 is 0 Å². The summed E-state index contributed by atoms with van der Waals surface area (Å²) in [5.41, 5.74) is 0.299. The van der Waals surface area contributed by atoms with Crippen LogP contribution in [0.1, 0.15) is 72.1 Å². The van der Waals surface area contributed by atoms with Crippen LogP contribution < -0.4 is 0 Å². The van der Waals surface area contributed by atoms with E-state index >= 15 is 0 Å². The molecule has 2 aliphatic carbocycles. The Morgan fingerprint density at radius 3 is 1.91 bits per heavy atom. The minimum absolute atomic E-state index is 0.0174. The molecule has 8 heteroatoms. The van der Waals surface area contributed by atoms with Gasteiger partial charge in [0, 0.05) is 24.7 Å². The van der Waals surface area contributed by atoms with Gasteiger partial charge in [0.15, 0.2) is 0 Å². The third kappa shape index (κ3) is 4.50. The van der Waals surface area contributed by atoms with Gasteiger partial charge in [0.05, 0.1) is 0 Å². The van der Waals surface area contributed by atoms with Gasteiger partial charge in [-0.1, -0.05) is 44.4 Å². The van der Waals surface area contributed by atoms with Crippen molar-refractivity contribution in [3.05, 3.63) is 47.0 Å². The standard InChI is InChI=1S/C26H32O8/c1-16(15-20-23(29)33-26(34-24(20)30)14-7-5-11-18(26)3)9-8-12-19-21(27)31-25(32-22(19)28)13-6-4-10-17(25)2/h8-9,12,15,17-18,29H,4-7,10-11,13-14H2,1-3H3/b9-8+,16-15+,19-12?. The molecular weight excluding hydrogens is 440 g/mol. The van der Waals surface area contributed by atoms with Gasteiger partial charge in [-0.05, 0) is 44.8 Å². The molecule has 3 unspecified atom stereocenters. The molecule has 184 valence electrons. The molecule has 1 saturated heterocycles. The van der Waals surface area contributed by atoms with Crippen LogP contribution in [0, 0.1) is 11.8 Å². The fourth-order valence-corrected chi connectivity index (χ4v) is 5.08. The Kier molecular flexibility index (Phi) is 6.60. The highest BCUT2D eigenvalue weighted by atomic mass is 16.8. The first kappa shape index (κ1) is 24.1. The Labute approximate surface area is 199 Å². The molecule has 3 fully saturated rings. The van der Waals surface area contributed by atoms with Crippen molar-refractivity contribution in [1.29, 1.82) is 0 Å². The lowest BCUT2D eigenvalue weighted by Gasteiger charge is -2.43.